The van der Waals surface area contributed by atoms with Gasteiger partial charge in [0.2, 0.25) is 0 Å². The van der Waals surface area contributed by atoms with Crippen molar-refractivity contribution in [3.8, 4) is 5.75 Å². The quantitative estimate of drug-likeness (QED) is 0.227. The van der Waals surface area contributed by atoms with Crippen LogP contribution in [0.5, 0.6) is 5.75 Å². The molecule has 9 heteroatoms. The molecule has 4 aromatic carbocycles. The van der Waals surface area contributed by atoms with Gasteiger partial charge in [-0.1, -0.05) is 66.2 Å². The van der Waals surface area contributed by atoms with E-state index in [1.54, 1.807) is 60.7 Å². The molecule has 0 radical (unpaired) electrons. The second kappa shape index (κ2) is 11.7. The minimum Gasteiger partial charge on any atom is -0.497 e. The van der Waals surface area contributed by atoms with Crippen LogP contribution in [0.2, 0.25) is 5.02 Å². The molecule has 37 heavy (non-hydrogen) atoms. The van der Waals surface area contributed by atoms with Crippen LogP contribution in [0.3, 0.4) is 0 Å². The molecular weight excluding hydrogens is 510 g/mol. The zero-order chi connectivity index (χ0) is 26.3. The number of sulfonamides is 1. The van der Waals surface area contributed by atoms with Crippen molar-refractivity contribution in [1.82, 2.24) is 5.43 Å². The van der Waals surface area contributed by atoms with Gasteiger partial charge in [0.25, 0.3) is 15.9 Å². The molecule has 0 heterocycles. The van der Waals surface area contributed by atoms with Gasteiger partial charge in [0.15, 0.2) is 0 Å². The molecule has 0 saturated carbocycles. The number of hydrogen-bond donors (Lipinski definition) is 1. The summed E-state index contributed by atoms with van der Waals surface area (Å²) < 4.78 is 34.1. The Hall–Kier alpha value is -4.14. The monoisotopic (exact) mass is 533 g/mol. The number of carbonyl (C=O) groups is 1. The maximum absolute atomic E-state index is 13.9. The molecule has 0 spiro atoms. The van der Waals surface area contributed by atoms with Gasteiger partial charge in [0.1, 0.15) is 5.75 Å². The van der Waals surface area contributed by atoms with Crippen molar-refractivity contribution < 1.29 is 17.9 Å². The lowest BCUT2D eigenvalue weighted by molar-refractivity contribution is 0.0955. The summed E-state index contributed by atoms with van der Waals surface area (Å²) in [5.74, 6) is -0.0179. The van der Waals surface area contributed by atoms with Crippen LogP contribution in [0.15, 0.2) is 113 Å². The summed E-state index contributed by atoms with van der Waals surface area (Å²) in [4.78, 5) is 13.2. The maximum atomic E-state index is 13.9. The van der Waals surface area contributed by atoms with E-state index < -0.39 is 15.9 Å². The van der Waals surface area contributed by atoms with E-state index in [1.165, 1.54) is 29.8 Å². The van der Waals surface area contributed by atoms with Crippen LogP contribution in [0.25, 0.3) is 0 Å². The molecule has 0 bridgehead atoms. The molecule has 1 N–H and O–H groups in total. The molecule has 0 atom stereocenters. The number of benzene rings is 4. The first kappa shape index (κ1) is 25.9. The fourth-order valence-corrected chi connectivity index (χ4v) is 5.18. The highest BCUT2D eigenvalue weighted by atomic mass is 35.5. The number of hydrazone groups is 1. The predicted molar refractivity (Wildman–Crippen MR) is 146 cm³/mol. The molecule has 0 saturated heterocycles. The minimum atomic E-state index is -4.05. The molecule has 0 aliphatic rings. The third-order valence-electron chi connectivity index (χ3n) is 5.48. The first-order valence-corrected chi connectivity index (χ1v) is 13.1. The fraction of sp³-hybridized carbons (Fsp3) is 0.0714. The number of amides is 1. The summed E-state index contributed by atoms with van der Waals surface area (Å²) in [5.41, 5.74) is 4.37. The van der Waals surface area contributed by atoms with Crippen LogP contribution in [0, 0.1) is 0 Å². The van der Waals surface area contributed by atoms with E-state index in [4.69, 9.17) is 16.3 Å². The normalized spacial score (nSPS) is 11.3. The Morgan fingerprint density at radius 2 is 1.57 bits per heavy atom. The highest BCUT2D eigenvalue weighted by Gasteiger charge is 2.28. The molecule has 4 aromatic rings. The second-order valence-corrected chi connectivity index (χ2v) is 10.2. The van der Waals surface area contributed by atoms with Gasteiger partial charge >= 0.3 is 0 Å². The summed E-state index contributed by atoms with van der Waals surface area (Å²) in [6.07, 6.45) is 1.48. The Morgan fingerprint density at radius 3 is 2.24 bits per heavy atom. The number of rotatable bonds is 9. The van der Waals surface area contributed by atoms with E-state index in [2.05, 4.69) is 10.5 Å². The van der Waals surface area contributed by atoms with Gasteiger partial charge in [-0.05, 0) is 59.7 Å². The van der Waals surface area contributed by atoms with Gasteiger partial charge < -0.3 is 4.74 Å². The molecule has 7 nitrogen and oxygen atoms in total. The Kier molecular flexibility index (Phi) is 8.22. The second-order valence-electron chi connectivity index (χ2n) is 7.94. The number of nitrogens with one attached hydrogen (secondary N) is 1. The summed E-state index contributed by atoms with van der Waals surface area (Å²) in [5, 5.41) is 4.61. The summed E-state index contributed by atoms with van der Waals surface area (Å²) >= 11 is 5.90. The van der Waals surface area contributed by atoms with E-state index >= 15 is 0 Å². The maximum Gasteiger partial charge on any atom is 0.273 e. The van der Waals surface area contributed by atoms with E-state index in [0.29, 0.717) is 10.8 Å². The number of para-hydroxylation sites is 1. The lowest BCUT2D eigenvalue weighted by atomic mass is 10.1. The third-order valence-corrected chi connectivity index (χ3v) is 7.51. The van der Waals surface area contributed by atoms with Gasteiger partial charge in [-0.2, -0.15) is 5.10 Å². The molecule has 0 fully saturated rings. The average Bonchev–Trinajstić information content (AvgIpc) is 2.93. The Balaban J connectivity index is 1.70. The van der Waals surface area contributed by atoms with Gasteiger partial charge in [-0.3, -0.25) is 9.10 Å². The van der Waals surface area contributed by atoms with E-state index in [1.807, 2.05) is 30.3 Å². The highest BCUT2D eigenvalue weighted by Crippen LogP contribution is 2.30. The van der Waals surface area contributed by atoms with E-state index in [0.717, 1.165) is 11.1 Å². The largest absolute Gasteiger partial charge is 0.497 e. The van der Waals surface area contributed by atoms with Gasteiger partial charge in [-0.15, -0.1) is 0 Å². The first-order valence-electron chi connectivity index (χ1n) is 11.3. The molecule has 0 aliphatic heterocycles. The highest BCUT2D eigenvalue weighted by molar-refractivity contribution is 7.92. The minimum absolute atomic E-state index is 0.0214. The molecule has 0 aromatic heterocycles. The van der Waals surface area contributed by atoms with Crippen LogP contribution >= 0.6 is 11.6 Å². The van der Waals surface area contributed by atoms with Crippen LogP contribution in [0.1, 0.15) is 21.5 Å². The Labute approximate surface area is 221 Å². The molecule has 188 valence electrons. The van der Waals surface area contributed by atoms with E-state index in [-0.39, 0.29) is 22.7 Å². The summed E-state index contributed by atoms with van der Waals surface area (Å²) in [6, 6.07) is 28.7. The summed E-state index contributed by atoms with van der Waals surface area (Å²) in [7, 11) is -2.54. The zero-order valence-electron chi connectivity index (χ0n) is 19.9. The van der Waals surface area contributed by atoms with Crippen LogP contribution in [-0.2, 0) is 16.6 Å². The lowest BCUT2D eigenvalue weighted by Gasteiger charge is -2.26. The van der Waals surface area contributed by atoms with Gasteiger partial charge in [-0.25, -0.2) is 13.8 Å². The predicted octanol–water partition coefficient (Wildman–Crippen LogP) is 5.51. The molecule has 4 rings (SSSR count). The van der Waals surface area contributed by atoms with Crippen molar-refractivity contribution in [1.29, 1.82) is 0 Å². The number of ether oxygens (including phenoxy) is 1. The van der Waals surface area contributed by atoms with Crippen molar-refractivity contribution in [2.75, 3.05) is 11.4 Å². The lowest BCUT2D eigenvalue weighted by Crippen LogP contribution is -2.33. The SMILES string of the molecule is COc1ccc(S(=O)(=O)N(Cc2ccccc2)c2ccccc2C(=O)N/N=C/c2ccc(Cl)cc2)cc1. The van der Waals surface area contributed by atoms with Crippen LogP contribution < -0.4 is 14.5 Å². The molecular formula is C28H24ClN3O4S. The number of anilines is 1. The molecule has 1 amide bonds. The van der Waals surface area contributed by atoms with Crippen LogP contribution in [0.4, 0.5) is 5.69 Å². The van der Waals surface area contributed by atoms with Gasteiger partial charge in [0.05, 0.1) is 36.0 Å². The standard InChI is InChI=1S/C28H24ClN3O4S/c1-36-24-15-17-25(18-16-24)37(34,35)32(20-22-7-3-2-4-8-22)27-10-6-5-9-26(27)28(33)31-30-19-21-11-13-23(29)14-12-21/h2-19H,20H2,1H3,(H,31,33)/b30-19+. The topological polar surface area (TPSA) is 88.1 Å². The number of nitrogens with zero attached hydrogens (tertiary/aromatic N) is 2. The smallest absolute Gasteiger partial charge is 0.273 e. The van der Waals surface area contributed by atoms with E-state index in [9.17, 15) is 13.2 Å². The summed E-state index contributed by atoms with van der Waals surface area (Å²) in [6.45, 7) is 0.0214. The number of halogens is 1. The number of carbonyl (C=O) groups excluding carboxylic acids is 1. The Morgan fingerprint density at radius 1 is 0.919 bits per heavy atom. The third kappa shape index (κ3) is 6.35. The number of methoxy groups -OCH3 is 1. The first-order chi connectivity index (χ1) is 17.9. The zero-order valence-corrected chi connectivity index (χ0v) is 21.5. The molecule has 0 unspecified atom stereocenters. The van der Waals surface area contributed by atoms with Crippen LogP contribution in [-0.4, -0.2) is 27.6 Å². The van der Waals surface area contributed by atoms with Crippen molar-refractivity contribution in [2.45, 2.75) is 11.4 Å². The van der Waals surface area contributed by atoms with Crippen molar-refractivity contribution >= 4 is 39.4 Å². The van der Waals surface area contributed by atoms with Crippen molar-refractivity contribution in [3.05, 3.63) is 125 Å². The average molecular weight is 534 g/mol. The fourth-order valence-electron chi connectivity index (χ4n) is 3.58. The molecule has 0 aliphatic carbocycles. The Bertz CT molecular complexity index is 1490. The van der Waals surface area contributed by atoms with Crippen molar-refractivity contribution in [2.24, 2.45) is 5.10 Å². The van der Waals surface area contributed by atoms with Gasteiger partial charge in [0, 0.05) is 5.02 Å². The number of hydrogen-bond acceptors (Lipinski definition) is 5. The van der Waals surface area contributed by atoms with Crippen molar-refractivity contribution in [3.63, 3.8) is 0 Å².